The summed E-state index contributed by atoms with van der Waals surface area (Å²) in [5.41, 5.74) is 1.07. The Labute approximate surface area is 91.0 Å². The van der Waals surface area contributed by atoms with E-state index in [1.165, 1.54) is 0 Å². The van der Waals surface area contributed by atoms with Gasteiger partial charge in [-0.1, -0.05) is 23.8 Å². The predicted octanol–water partition coefficient (Wildman–Crippen LogP) is 2.91. The van der Waals surface area contributed by atoms with Gasteiger partial charge in [0.15, 0.2) is 10.0 Å². The van der Waals surface area contributed by atoms with Gasteiger partial charge in [-0.15, -0.1) is 6.58 Å². The molecule has 1 aromatic carbocycles. The molecule has 3 nitrogen and oxygen atoms in total. The van der Waals surface area contributed by atoms with Crippen molar-refractivity contribution in [2.45, 2.75) is 18.2 Å². The largest absolute Gasteiger partial charge is 0.281 e. The molecule has 0 aliphatic heterocycles. The average molecular weight is 225 g/mol. The molecule has 0 amide bonds. The van der Waals surface area contributed by atoms with Gasteiger partial charge in [0, 0.05) is 0 Å². The van der Waals surface area contributed by atoms with Crippen LogP contribution in [0, 0.1) is 11.7 Å². The normalized spacial score (nSPS) is 14.5. The highest BCUT2D eigenvalue weighted by Gasteiger charge is 2.09. The first-order chi connectivity index (χ1) is 7.06. The SMILES string of the molecule is C=CCCOS(=N)(=O)c1ccc(C)cc1. The maximum absolute atomic E-state index is 11.8. The lowest BCUT2D eigenvalue weighted by Gasteiger charge is -2.07. The van der Waals surface area contributed by atoms with Crippen LogP contribution in [0.1, 0.15) is 12.0 Å². The second kappa shape index (κ2) is 5.09. The van der Waals surface area contributed by atoms with Crippen LogP contribution in [-0.4, -0.2) is 10.8 Å². The van der Waals surface area contributed by atoms with Crippen molar-refractivity contribution in [1.29, 1.82) is 4.78 Å². The molecule has 0 fully saturated rings. The van der Waals surface area contributed by atoms with E-state index in [0.29, 0.717) is 11.3 Å². The lowest BCUT2D eigenvalue weighted by atomic mass is 10.2. The summed E-state index contributed by atoms with van der Waals surface area (Å²) < 4.78 is 24.4. The van der Waals surface area contributed by atoms with Crippen LogP contribution in [0.5, 0.6) is 0 Å². The van der Waals surface area contributed by atoms with E-state index in [4.69, 9.17) is 8.96 Å². The molecule has 1 aromatic rings. The standard InChI is InChI=1S/C11H15NO2S/c1-3-4-9-14-15(12,13)11-7-5-10(2)6-8-11/h3,5-8,12H,1,4,9H2,2H3. The number of benzene rings is 1. The van der Waals surface area contributed by atoms with E-state index in [1.807, 2.05) is 19.1 Å². The van der Waals surface area contributed by atoms with Gasteiger partial charge in [-0.2, -0.15) is 0 Å². The van der Waals surface area contributed by atoms with E-state index < -0.39 is 10.0 Å². The molecule has 82 valence electrons. The Morgan fingerprint density at radius 1 is 1.47 bits per heavy atom. The van der Waals surface area contributed by atoms with Crippen LogP contribution in [0.15, 0.2) is 41.8 Å². The molecular weight excluding hydrogens is 210 g/mol. The van der Waals surface area contributed by atoms with E-state index >= 15 is 0 Å². The summed E-state index contributed by atoms with van der Waals surface area (Å²) in [7, 11) is -3.10. The molecule has 0 aromatic heterocycles. The maximum atomic E-state index is 11.8. The third kappa shape index (κ3) is 3.49. The van der Waals surface area contributed by atoms with Gasteiger partial charge < -0.3 is 0 Å². The number of hydrogen-bond donors (Lipinski definition) is 1. The van der Waals surface area contributed by atoms with Crippen LogP contribution in [0.25, 0.3) is 0 Å². The van der Waals surface area contributed by atoms with Gasteiger partial charge in [0.2, 0.25) is 0 Å². The summed E-state index contributed by atoms with van der Waals surface area (Å²) >= 11 is 0. The van der Waals surface area contributed by atoms with Crippen molar-refractivity contribution in [3.8, 4) is 0 Å². The van der Waals surface area contributed by atoms with Gasteiger partial charge in [0.05, 0.1) is 11.5 Å². The van der Waals surface area contributed by atoms with Gasteiger partial charge in [-0.05, 0) is 25.5 Å². The van der Waals surface area contributed by atoms with Crippen molar-refractivity contribution < 1.29 is 8.39 Å². The van der Waals surface area contributed by atoms with Crippen molar-refractivity contribution in [1.82, 2.24) is 0 Å². The molecular formula is C11H15NO2S. The second-order valence-electron chi connectivity index (χ2n) is 3.22. The lowest BCUT2D eigenvalue weighted by molar-refractivity contribution is 0.347. The Hall–Kier alpha value is -1.13. The van der Waals surface area contributed by atoms with Crippen LogP contribution in [-0.2, 0) is 14.2 Å². The Morgan fingerprint density at radius 2 is 2.07 bits per heavy atom. The summed E-state index contributed by atoms with van der Waals surface area (Å²) in [4.78, 5) is 0.414. The smallest absolute Gasteiger partial charge is 0.190 e. The summed E-state index contributed by atoms with van der Waals surface area (Å²) in [5.74, 6) is 0. The third-order valence-electron chi connectivity index (χ3n) is 1.90. The Kier molecular flexibility index (Phi) is 4.05. The highest BCUT2D eigenvalue weighted by atomic mass is 32.2. The monoisotopic (exact) mass is 225 g/mol. The minimum atomic E-state index is -3.10. The molecule has 0 saturated heterocycles. The number of rotatable bonds is 5. The molecule has 1 unspecified atom stereocenters. The fraction of sp³-hybridized carbons (Fsp3) is 0.273. The fourth-order valence-corrected chi connectivity index (χ4v) is 2.00. The molecule has 15 heavy (non-hydrogen) atoms. The molecule has 0 radical (unpaired) electrons. The van der Waals surface area contributed by atoms with Crippen LogP contribution < -0.4 is 0 Å². The zero-order valence-corrected chi connectivity index (χ0v) is 9.55. The zero-order chi connectivity index (χ0) is 11.3. The van der Waals surface area contributed by atoms with Crippen LogP contribution in [0.2, 0.25) is 0 Å². The third-order valence-corrected chi connectivity index (χ3v) is 3.29. The second-order valence-corrected chi connectivity index (χ2v) is 4.93. The molecule has 0 spiro atoms. The first kappa shape index (κ1) is 11.9. The van der Waals surface area contributed by atoms with Crippen molar-refractivity contribution in [3.63, 3.8) is 0 Å². The summed E-state index contributed by atoms with van der Waals surface area (Å²) in [6.45, 7) is 5.73. The van der Waals surface area contributed by atoms with Gasteiger partial charge in [0.25, 0.3) is 0 Å². The molecule has 4 heteroatoms. The molecule has 1 rings (SSSR count). The van der Waals surface area contributed by atoms with E-state index in [2.05, 4.69) is 6.58 Å². The van der Waals surface area contributed by atoms with E-state index in [-0.39, 0.29) is 6.61 Å². The van der Waals surface area contributed by atoms with Crippen LogP contribution in [0.3, 0.4) is 0 Å². The van der Waals surface area contributed by atoms with Crippen LogP contribution >= 0.6 is 0 Å². The van der Waals surface area contributed by atoms with E-state index in [0.717, 1.165) is 5.56 Å². The maximum Gasteiger partial charge on any atom is 0.190 e. The van der Waals surface area contributed by atoms with Gasteiger partial charge in [-0.25, -0.2) is 8.99 Å². The Balaban J connectivity index is 2.77. The molecule has 0 aliphatic rings. The highest BCUT2D eigenvalue weighted by molar-refractivity contribution is 7.87. The number of nitrogens with one attached hydrogen (secondary N) is 1. The van der Waals surface area contributed by atoms with E-state index in [9.17, 15) is 4.21 Å². The van der Waals surface area contributed by atoms with Crippen molar-refractivity contribution in [2.75, 3.05) is 6.61 Å². The first-order valence-electron chi connectivity index (χ1n) is 4.67. The number of aryl methyl sites for hydroxylation is 1. The van der Waals surface area contributed by atoms with Crippen molar-refractivity contribution in [3.05, 3.63) is 42.5 Å². The van der Waals surface area contributed by atoms with Crippen LogP contribution in [0.4, 0.5) is 0 Å². The summed E-state index contributed by atoms with van der Waals surface area (Å²) in [6.07, 6.45) is 2.27. The molecule has 1 N–H and O–H groups in total. The minimum Gasteiger partial charge on any atom is -0.281 e. The van der Waals surface area contributed by atoms with E-state index in [1.54, 1.807) is 18.2 Å². The summed E-state index contributed by atoms with van der Waals surface area (Å²) in [6, 6.07) is 6.97. The van der Waals surface area contributed by atoms with Crippen molar-refractivity contribution in [2.24, 2.45) is 0 Å². The van der Waals surface area contributed by atoms with Gasteiger partial charge in [-0.3, -0.25) is 4.18 Å². The molecule has 1 atom stereocenters. The first-order valence-corrected chi connectivity index (χ1v) is 6.15. The predicted molar refractivity (Wildman–Crippen MR) is 61.1 cm³/mol. The Morgan fingerprint density at radius 3 is 2.60 bits per heavy atom. The minimum absolute atomic E-state index is 0.264. The zero-order valence-electron chi connectivity index (χ0n) is 8.73. The topological polar surface area (TPSA) is 50.1 Å². The quantitative estimate of drug-likeness (QED) is 0.618. The van der Waals surface area contributed by atoms with Gasteiger partial charge in [0.1, 0.15) is 0 Å². The average Bonchev–Trinajstić information content (AvgIpc) is 2.18. The van der Waals surface area contributed by atoms with Crippen molar-refractivity contribution >= 4 is 10.0 Å². The highest BCUT2D eigenvalue weighted by Crippen LogP contribution is 2.14. The molecule has 0 aliphatic carbocycles. The lowest BCUT2D eigenvalue weighted by Crippen LogP contribution is -2.05. The summed E-state index contributed by atoms with van der Waals surface area (Å²) in [5, 5.41) is 0. The molecule has 0 bridgehead atoms. The fourth-order valence-electron chi connectivity index (χ4n) is 1.03. The number of hydrogen-bond acceptors (Lipinski definition) is 3. The molecule has 0 heterocycles. The molecule has 0 saturated carbocycles. The Bertz CT molecular complexity index is 420. The van der Waals surface area contributed by atoms with Gasteiger partial charge >= 0.3 is 0 Å².